The molecule has 0 fully saturated rings. The van der Waals surface area contributed by atoms with E-state index in [0.717, 1.165) is 12.0 Å². The second-order valence-corrected chi connectivity index (χ2v) is 6.41. The molecule has 1 N–H and O–H groups in total. The average Bonchev–Trinajstić information content (AvgIpc) is 2.73. The Morgan fingerprint density at radius 1 is 1.14 bits per heavy atom. The standard InChI is InChI=1S/C23H24N2O3/c1-3-20(21-7-5-4-6-8-21)16-25-23(27)17(2)28-22(26)14-13-18-9-11-19(15-24)12-10-18/h4-14,17,20H,3,16H2,1-2H3,(H,25,27)/b14-13+/t17-,20+/m1/s1. The highest BCUT2D eigenvalue weighted by molar-refractivity contribution is 5.90. The lowest BCUT2D eigenvalue weighted by molar-refractivity contribution is -0.150. The van der Waals surface area contributed by atoms with Crippen molar-refractivity contribution in [3.63, 3.8) is 0 Å². The third-order valence-electron chi connectivity index (χ3n) is 4.40. The van der Waals surface area contributed by atoms with Crippen LogP contribution >= 0.6 is 0 Å². The number of carbonyl (C=O) groups excluding carboxylic acids is 2. The van der Waals surface area contributed by atoms with Gasteiger partial charge in [-0.2, -0.15) is 5.26 Å². The van der Waals surface area contributed by atoms with Crippen LogP contribution in [0.25, 0.3) is 6.08 Å². The van der Waals surface area contributed by atoms with Crippen molar-refractivity contribution in [3.8, 4) is 6.07 Å². The molecule has 0 aromatic heterocycles. The molecule has 0 bridgehead atoms. The number of hydrogen-bond donors (Lipinski definition) is 1. The summed E-state index contributed by atoms with van der Waals surface area (Å²) in [4.78, 5) is 24.2. The van der Waals surface area contributed by atoms with Crippen LogP contribution in [0, 0.1) is 11.3 Å². The molecule has 2 rings (SSSR count). The van der Waals surface area contributed by atoms with E-state index in [1.54, 1.807) is 37.3 Å². The first kappa shape index (κ1) is 20.9. The number of esters is 1. The Morgan fingerprint density at radius 3 is 2.43 bits per heavy atom. The van der Waals surface area contributed by atoms with Gasteiger partial charge in [0.05, 0.1) is 11.6 Å². The Hall–Kier alpha value is -3.39. The number of amides is 1. The predicted octanol–water partition coefficient (Wildman–Crippen LogP) is 3.81. The van der Waals surface area contributed by atoms with Gasteiger partial charge in [0.1, 0.15) is 0 Å². The van der Waals surface area contributed by atoms with E-state index in [9.17, 15) is 9.59 Å². The second kappa shape index (κ2) is 10.7. The van der Waals surface area contributed by atoms with Crippen LogP contribution in [-0.2, 0) is 14.3 Å². The van der Waals surface area contributed by atoms with E-state index in [1.165, 1.54) is 11.6 Å². The zero-order valence-corrected chi connectivity index (χ0v) is 16.1. The summed E-state index contributed by atoms with van der Waals surface area (Å²) in [6.07, 6.45) is 2.86. The van der Waals surface area contributed by atoms with Crippen molar-refractivity contribution < 1.29 is 14.3 Å². The fourth-order valence-electron chi connectivity index (χ4n) is 2.69. The smallest absolute Gasteiger partial charge is 0.331 e. The molecular formula is C23H24N2O3. The molecule has 2 aromatic carbocycles. The first-order valence-corrected chi connectivity index (χ1v) is 9.25. The summed E-state index contributed by atoms with van der Waals surface area (Å²) in [5.74, 6) is -0.707. The number of nitrogens with zero attached hydrogens (tertiary/aromatic N) is 1. The summed E-state index contributed by atoms with van der Waals surface area (Å²) in [6, 6.07) is 18.8. The Balaban J connectivity index is 1.82. The number of rotatable bonds is 8. The molecule has 0 aliphatic heterocycles. The van der Waals surface area contributed by atoms with Crippen LogP contribution in [0.15, 0.2) is 60.7 Å². The van der Waals surface area contributed by atoms with Gasteiger partial charge in [0.25, 0.3) is 5.91 Å². The third kappa shape index (κ3) is 6.40. The van der Waals surface area contributed by atoms with E-state index in [1.807, 2.05) is 36.4 Å². The molecule has 0 aliphatic carbocycles. The van der Waals surface area contributed by atoms with Gasteiger partial charge >= 0.3 is 5.97 Å². The normalized spacial score (nSPS) is 12.8. The number of ether oxygens (including phenoxy) is 1. The zero-order chi connectivity index (χ0) is 20.4. The molecule has 0 radical (unpaired) electrons. The van der Waals surface area contributed by atoms with Gasteiger partial charge in [0, 0.05) is 18.5 Å². The van der Waals surface area contributed by atoms with E-state index in [4.69, 9.17) is 10.00 Å². The minimum Gasteiger partial charge on any atom is -0.449 e. The maximum absolute atomic E-state index is 12.2. The zero-order valence-electron chi connectivity index (χ0n) is 16.1. The molecule has 0 saturated heterocycles. The minimum atomic E-state index is -0.883. The highest BCUT2D eigenvalue weighted by atomic mass is 16.5. The van der Waals surface area contributed by atoms with Gasteiger partial charge in [-0.1, -0.05) is 49.4 Å². The predicted molar refractivity (Wildman–Crippen MR) is 108 cm³/mol. The molecule has 5 nitrogen and oxygen atoms in total. The molecule has 0 unspecified atom stereocenters. The van der Waals surface area contributed by atoms with Crippen molar-refractivity contribution in [2.45, 2.75) is 32.3 Å². The monoisotopic (exact) mass is 376 g/mol. The van der Waals surface area contributed by atoms with Crippen molar-refractivity contribution >= 4 is 18.0 Å². The van der Waals surface area contributed by atoms with Crippen molar-refractivity contribution in [3.05, 3.63) is 77.4 Å². The molecule has 1 amide bonds. The van der Waals surface area contributed by atoms with Crippen LogP contribution < -0.4 is 5.32 Å². The van der Waals surface area contributed by atoms with E-state index in [2.05, 4.69) is 12.2 Å². The summed E-state index contributed by atoms with van der Waals surface area (Å²) < 4.78 is 5.16. The van der Waals surface area contributed by atoms with Crippen LogP contribution in [0.5, 0.6) is 0 Å². The quantitative estimate of drug-likeness (QED) is 0.561. The van der Waals surface area contributed by atoms with Gasteiger partial charge in [0.2, 0.25) is 0 Å². The summed E-state index contributed by atoms with van der Waals surface area (Å²) in [6.45, 7) is 4.11. The van der Waals surface area contributed by atoms with Crippen LogP contribution in [0.3, 0.4) is 0 Å². The molecule has 28 heavy (non-hydrogen) atoms. The van der Waals surface area contributed by atoms with E-state index < -0.39 is 12.1 Å². The van der Waals surface area contributed by atoms with E-state index >= 15 is 0 Å². The summed E-state index contributed by atoms with van der Waals surface area (Å²) >= 11 is 0. The lowest BCUT2D eigenvalue weighted by atomic mass is 9.96. The van der Waals surface area contributed by atoms with Crippen molar-refractivity contribution in [2.75, 3.05) is 6.54 Å². The average molecular weight is 376 g/mol. The molecule has 0 saturated carbocycles. The summed E-state index contributed by atoms with van der Waals surface area (Å²) in [7, 11) is 0. The van der Waals surface area contributed by atoms with Crippen LogP contribution in [0.4, 0.5) is 0 Å². The van der Waals surface area contributed by atoms with Gasteiger partial charge in [-0.15, -0.1) is 0 Å². The van der Waals surface area contributed by atoms with Gasteiger partial charge < -0.3 is 10.1 Å². The number of benzene rings is 2. The molecule has 2 aromatic rings. The van der Waals surface area contributed by atoms with E-state index in [-0.39, 0.29) is 11.8 Å². The maximum Gasteiger partial charge on any atom is 0.331 e. The highest BCUT2D eigenvalue weighted by Gasteiger charge is 2.18. The highest BCUT2D eigenvalue weighted by Crippen LogP contribution is 2.18. The van der Waals surface area contributed by atoms with Gasteiger partial charge in [-0.25, -0.2) is 4.79 Å². The SMILES string of the molecule is CC[C@@H](CNC(=O)[C@@H](C)OC(=O)/C=C/c1ccc(C#N)cc1)c1ccccc1. The minimum absolute atomic E-state index is 0.212. The van der Waals surface area contributed by atoms with E-state index in [0.29, 0.717) is 12.1 Å². The molecule has 144 valence electrons. The van der Waals surface area contributed by atoms with Crippen LogP contribution in [0.2, 0.25) is 0 Å². The van der Waals surface area contributed by atoms with Crippen molar-refractivity contribution in [2.24, 2.45) is 0 Å². The lowest BCUT2D eigenvalue weighted by Crippen LogP contribution is -2.37. The van der Waals surface area contributed by atoms with Gasteiger partial charge in [-0.05, 0) is 42.7 Å². The Bertz CT molecular complexity index is 852. The molecule has 0 spiro atoms. The second-order valence-electron chi connectivity index (χ2n) is 6.41. The van der Waals surface area contributed by atoms with Crippen molar-refractivity contribution in [1.29, 1.82) is 5.26 Å². The first-order valence-electron chi connectivity index (χ1n) is 9.25. The molecule has 2 atom stereocenters. The Labute approximate surface area is 165 Å². The largest absolute Gasteiger partial charge is 0.449 e. The number of nitrogens with one attached hydrogen (secondary N) is 1. The number of carbonyl (C=O) groups is 2. The first-order chi connectivity index (χ1) is 13.5. The number of hydrogen-bond acceptors (Lipinski definition) is 4. The molecule has 5 heteroatoms. The fraction of sp³-hybridized carbons (Fsp3) is 0.261. The maximum atomic E-state index is 12.2. The summed E-state index contributed by atoms with van der Waals surface area (Å²) in [5.41, 5.74) is 2.48. The lowest BCUT2D eigenvalue weighted by Gasteiger charge is -2.18. The van der Waals surface area contributed by atoms with Crippen LogP contribution in [-0.4, -0.2) is 24.5 Å². The molecule has 0 aliphatic rings. The molecular weight excluding hydrogens is 352 g/mol. The van der Waals surface area contributed by atoms with Crippen LogP contribution in [0.1, 0.15) is 42.9 Å². The third-order valence-corrected chi connectivity index (χ3v) is 4.40. The van der Waals surface area contributed by atoms with Gasteiger partial charge in [0.15, 0.2) is 6.10 Å². The van der Waals surface area contributed by atoms with Crippen molar-refractivity contribution in [1.82, 2.24) is 5.32 Å². The Kier molecular flexibility index (Phi) is 7.98. The molecule has 0 heterocycles. The fourth-order valence-corrected chi connectivity index (χ4v) is 2.69. The van der Waals surface area contributed by atoms with Gasteiger partial charge in [-0.3, -0.25) is 4.79 Å². The Morgan fingerprint density at radius 2 is 1.82 bits per heavy atom. The number of nitriles is 1. The summed E-state index contributed by atoms with van der Waals surface area (Å²) in [5, 5.41) is 11.6. The topological polar surface area (TPSA) is 79.2 Å².